The van der Waals surface area contributed by atoms with Gasteiger partial charge < -0.3 is 30.5 Å². The van der Waals surface area contributed by atoms with Crippen LogP contribution in [0.15, 0.2) is 91.0 Å². The largest absolute Gasteiger partial charge is 0.462 e. The van der Waals surface area contributed by atoms with Gasteiger partial charge >= 0.3 is 12.1 Å². The first-order valence-corrected chi connectivity index (χ1v) is 17.6. The van der Waals surface area contributed by atoms with Crippen LogP contribution in [0.1, 0.15) is 80.0 Å². The van der Waals surface area contributed by atoms with Gasteiger partial charge in [0.15, 0.2) is 0 Å². The molecule has 1 aliphatic heterocycles. The minimum atomic E-state index is -0.981. The third-order valence-electron chi connectivity index (χ3n) is 10.1. The highest BCUT2D eigenvalue weighted by Gasteiger charge is 2.36. The smallest absolute Gasteiger partial charge is 0.407 e. The van der Waals surface area contributed by atoms with E-state index in [-0.39, 0.29) is 50.4 Å². The molecule has 10 nitrogen and oxygen atoms in total. The molecule has 0 aromatic heterocycles. The number of cyclic esters (lactones) is 1. The van der Waals surface area contributed by atoms with Gasteiger partial charge in [0.2, 0.25) is 11.8 Å². The molecule has 10 heteroatoms. The molecule has 4 N–H and O–H groups in total. The van der Waals surface area contributed by atoms with Gasteiger partial charge in [0, 0.05) is 12.3 Å². The lowest BCUT2D eigenvalue weighted by Gasteiger charge is -2.29. The topological polar surface area (TPSA) is 143 Å². The summed E-state index contributed by atoms with van der Waals surface area (Å²) in [4.78, 5) is 53.4. The third-order valence-corrected chi connectivity index (χ3v) is 10.1. The van der Waals surface area contributed by atoms with Crippen molar-refractivity contribution >= 4 is 23.9 Å². The summed E-state index contributed by atoms with van der Waals surface area (Å²) in [5, 5.41) is 18.7. The summed E-state index contributed by atoms with van der Waals surface area (Å²) in [6.45, 7) is -0.197. The number of rotatable bonds is 8. The van der Waals surface area contributed by atoms with Gasteiger partial charge in [0.1, 0.15) is 19.3 Å². The molecule has 0 saturated heterocycles. The molecule has 0 radical (unpaired) electrons. The number of carbonyl (C=O) groups is 4. The molecule has 0 spiro atoms. The zero-order valence-corrected chi connectivity index (χ0v) is 28.1. The number of aliphatic hydroxyl groups excluding tert-OH is 1. The van der Waals surface area contributed by atoms with Crippen molar-refractivity contribution in [1.29, 1.82) is 0 Å². The molecule has 3 atom stereocenters. The predicted molar refractivity (Wildman–Crippen MR) is 188 cm³/mol. The van der Waals surface area contributed by atoms with E-state index in [0.29, 0.717) is 25.7 Å². The van der Waals surface area contributed by atoms with Crippen LogP contribution < -0.4 is 16.0 Å². The van der Waals surface area contributed by atoms with Gasteiger partial charge in [-0.15, -0.1) is 0 Å². The summed E-state index contributed by atoms with van der Waals surface area (Å²) in [5.41, 5.74) is 4.51. The molecule has 2 aliphatic carbocycles. The zero-order valence-electron chi connectivity index (χ0n) is 28.1. The number of allylic oxidation sites excluding steroid dienone is 2. The molecule has 1 heterocycles. The summed E-state index contributed by atoms with van der Waals surface area (Å²) in [7, 11) is 0. The Labute approximate surface area is 292 Å². The number of nitrogens with one attached hydrogen (secondary N) is 3. The monoisotopic (exact) mass is 679 g/mol. The summed E-state index contributed by atoms with van der Waals surface area (Å²) in [6.07, 6.45) is 7.15. The molecule has 1 saturated carbocycles. The van der Waals surface area contributed by atoms with Crippen molar-refractivity contribution in [2.45, 2.75) is 74.9 Å². The Morgan fingerprint density at radius 1 is 0.900 bits per heavy atom. The van der Waals surface area contributed by atoms with E-state index in [2.05, 4.69) is 28.1 Å². The van der Waals surface area contributed by atoms with Gasteiger partial charge in [-0.1, -0.05) is 104 Å². The number of hydrogen-bond donors (Lipinski definition) is 4. The molecule has 262 valence electrons. The van der Waals surface area contributed by atoms with Crippen LogP contribution in [0.25, 0.3) is 11.1 Å². The molecular weight excluding hydrogens is 634 g/mol. The van der Waals surface area contributed by atoms with Crippen LogP contribution in [0.2, 0.25) is 0 Å². The second-order valence-corrected chi connectivity index (χ2v) is 13.5. The molecule has 3 aliphatic rings. The fraction of sp³-hybridized carbons (Fsp3) is 0.400. The Bertz CT molecular complexity index is 1660. The van der Waals surface area contributed by atoms with Crippen LogP contribution in [0.4, 0.5) is 4.79 Å². The van der Waals surface area contributed by atoms with Gasteiger partial charge in [-0.05, 0) is 59.9 Å². The van der Waals surface area contributed by atoms with E-state index in [4.69, 9.17) is 9.47 Å². The highest BCUT2D eigenvalue weighted by molar-refractivity contribution is 5.87. The van der Waals surface area contributed by atoms with Crippen molar-refractivity contribution < 1.29 is 33.8 Å². The first-order chi connectivity index (χ1) is 24.4. The van der Waals surface area contributed by atoms with Crippen LogP contribution in [0, 0.1) is 5.92 Å². The maximum absolute atomic E-state index is 13.7. The number of esters is 1. The van der Waals surface area contributed by atoms with E-state index in [0.717, 1.165) is 40.7 Å². The van der Waals surface area contributed by atoms with Crippen molar-refractivity contribution in [1.82, 2.24) is 16.0 Å². The Hall–Kier alpha value is -4.96. The zero-order chi connectivity index (χ0) is 34.9. The van der Waals surface area contributed by atoms with E-state index < -0.39 is 35.6 Å². The highest BCUT2D eigenvalue weighted by Crippen LogP contribution is 2.44. The molecule has 3 aromatic carbocycles. The van der Waals surface area contributed by atoms with Crippen molar-refractivity contribution in [3.05, 3.63) is 108 Å². The third kappa shape index (κ3) is 8.25. The van der Waals surface area contributed by atoms with Crippen LogP contribution >= 0.6 is 0 Å². The number of carbonyl (C=O) groups excluding carboxylic acids is 4. The van der Waals surface area contributed by atoms with E-state index in [9.17, 15) is 24.3 Å². The summed E-state index contributed by atoms with van der Waals surface area (Å²) in [5.74, 6) is -2.06. The fourth-order valence-corrected chi connectivity index (χ4v) is 7.36. The van der Waals surface area contributed by atoms with Gasteiger partial charge in [-0.3, -0.25) is 9.59 Å². The van der Waals surface area contributed by atoms with E-state index in [1.54, 1.807) is 0 Å². The number of ether oxygens (including phenoxy) is 2. The van der Waals surface area contributed by atoms with E-state index >= 15 is 0 Å². The lowest BCUT2D eigenvalue weighted by atomic mass is 9.95. The number of aliphatic hydroxyl groups is 1. The standard InChI is InChI=1S/C40H45N3O7/c44-26-40(21-11-12-22-40)43-36(45)23-28-15-5-2-6-20-34(38(47)49-25-35(41-37(28)46)27-13-3-1-4-14-27)42-39(48)50-24-33-31-18-9-7-16-29(31)30-17-8-10-19-32(30)33/h1-5,7-10,13-14,16-19,28,33-35,44H,6,11-12,15,20-26H2,(H,41,46)(H,42,48)(H,43,45)/t28-,34+,35-/m1/s1. The average molecular weight is 680 g/mol. The van der Waals surface area contributed by atoms with Gasteiger partial charge in [0.25, 0.3) is 0 Å². The quantitative estimate of drug-likeness (QED) is 0.183. The van der Waals surface area contributed by atoms with Crippen LogP contribution in [0.5, 0.6) is 0 Å². The van der Waals surface area contributed by atoms with Crippen molar-refractivity contribution in [2.24, 2.45) is 5.92 Å². The number of benzene rings is 3. The lowest BCUT2D eigenvalue weighted by Crippen LogP contribution is -2.50. The predicted octanol–water partition coefficient (Wildman–Crippen LogP) is 5.46. The van der Waals surface area contributed by atoms with Crippen LogP contribution in [-0.4, -0.2) is 60.4 Å². The SMILES string of the molecule is O=C(C[C@H]1CC=CCC[C@H](NC(=O)OCC2c3ccccc3-c3ccccc32)C(=O)OC[C@H](c2ccccc2)NC1=O)NC1(CO)CCCC1. The normalized spacial score (nSPS) is 22.1. The molecule has 3 amide bonds. The van der Waals surface area contributed by atoms with Gasteiger partial charge in [0.05, 0.1) is 24.1 Å². The molecule has 1 fully saturated rings. The fourth-order valence-electron chi connectivity index (χ4n) is 7.36. The van der Waals surface area contributed by atoms with Crippen molar-refractivity contribution in [3.8, 4) is 11.1 Å². The summed E-state index contributed by atoms with van der Waals surface area (Å²) < 4.78 is 11.4. The second-order valence-electron chi connectivity index (χ2n) is 13.5. The van der Waals surface area contributed by atoms with Gasteiger partial charge in [-0.2, -0.15) is 0 Å². The Kier molecular flexibility index (Phi) is 11.3. The maximum Gasteiger partial charge on any atom is 0.407 e. The number of alkyl carbamates (subject to hydrolysis) is 1. The van der Waals surface area contributed by atoms with Crippen LogP contribution in [-0.2, 0) is 23.9 Å². The Morgan fingerprint density at radius 3 is 2.24 bits per heavy atom. The Balaban J connectivity index is 1.13. The molecule has 3 aromatic rings. The highest BCUT2D eigenvalue weighted by atomic mass is 16.6. The number of hydrogen-bond acceptors (Lipinski definition) is 7. The van der Waals surface area contributed by atoms with Crippen molar-refractivity contribution in [3.63, 3.8) is 0 Å². The van der Waals surface area contributed by atoms with Crippen LogP contribution in [0.3, 0.4) is 0 Å². The van der Waals surface area contributed by atoms with Crippen molar-refractivity contribution in [2.75, 3.05) is 19.8 Å². The first kappa shape index (κ1) is 34.9. The van der Waals surface area contributed by atoms with E-state index in [1.165, 1.54) is 0 Å². The Morgan fingerprint density at radius 2 is 1.56 bits per heavy atom. The van der Waals surface area contributed by atoms with E-state index in [1.807, 2.05) is 78.9 Å². The lowest BCUT2D eigenvalue weighted by molar-refractivity contribution is -0.147. The molecule has 6 rings (SSSR count). The maximum atomic E-state index is 13.7. The number of amides is 3. The second kappa shape index (κ2) is 16.2. The summed E-state index contributed by atoms with van der Waals surface area (Å²) in [6, 6.07) is 23.6. The summed E-state index contributed by atoms with van der Waals surface area (Å²) >= 11 is 0. The average Bonchev–Trinajstić information content (AvgIpc) is 3.74. The van der Waals surface area contributed by atoms with Gasteiger partial charge in [-0.25, -0.2) is 9.59 Å². The first-order valence-electron chi connectivity index (χ1n) is 17.6. The molecule has 0 bridgehead atoms. The molecule has 50 heavy (non-hydrogen) atoms. The molecule has 0 unspecified atom stereocenters. The molecular formula is C40H45N3O7. The number of fused-ring (bicyclic) bond motifs is 3. The minimum Gasteiger partial charge on any atom is -0.462 e. The minimum absolute atomic E-state index is 0.0504.